The Morgan fingerprint density at radius 2 is 1.75 bits per heavy atom. The van der Waals surface area contributed by atoms with Gasteiger partial charge in [0.2, 0.25) is 11.8 Å². The number of amides is 1. The lowest BCUT2D eigenvalue weighted by atomic mass is 10.1. The molecule has 28 heavy (non-hydrogen) atoms. The molecule has 2 aliphatic rings. The molecule has 1 amide bonds. The molecule has 150 valence electrons. The monoisotopic (exact) mass is 384 g/mol. The van der Waals surface area contributed by atoms with Crippen molar-refractivity contribution in [2.75, 3.05) is 26.2 Å². The fourth-order valence-corrected chi connectivity index (χ4v) is 3.84. The molecule has 7 heteroatoms. The van der Waals surface area contributed by atoms with Crippen LogP contribution < -0.4 is 4.74 Å². The van der Waals surface area contributed by atoms with Gasteiger partial charge in [-0.3, -0.25) is 9.69 Å². The van der Waals surface area contributed by atoms with Crippen molar-refractivity contribution in [1.82, 2.24) is 20.0 Å². The maximum Gasteiger partial charge on any atom is 0.253 e. The van der Waals surface area contributed by atoms with Crippen molar-refractivity contribution >= 4 is 5.91 Å². The summed E-state index contributed by atoms with van der Waals surface area (Å²) < 4.78 is 11.7. The summed E-state index contributed by atoms with van der Waals surface area (Å²) in [6, 6.07) is 7.60. The fourth-order valence-electron chi connectivity index (χ4n) is 3.84. The van der Waals surface area contributed by atoms with Gasteiger partial charge in [0, 0.05) is 38.2 Å². The molecule has 0 spiro atoms. The van der Waals surface area contributed by atoms with E-state index in [2.05, 4.69) is 15.1 Å². The van der Waals surface area contributed by atoms with Crippen LogP contribution in [-0.2, 0) is 13.0 Å². The van der Waals surface area contributed by atoms with Crippen LogP contribution in [-0.4, -0.2) is 58.2 Å². The van der Waals surface area contributed by atoms with Crippen molar-refractivity contribution in [3.8, 4) is 5.75 Å². The molecule has 1 aromatic heterocycles. The number of likely N-dealkylation sites (tertiary alicyclic amines) is 2. The maximum atomic E-state index is 12.4. The van der Waals surface area contributed by atoms with Crippen LogP contribution in [0.4, 0.5) is 0 Å². The lowest BCUT2D eigenvalue weighted by Gasteiger charge is -2.31. The fraction of sp³-hybridized carbons (Fsp3) is 0.571. The predicted molar refractivity (Wildman–Crippen MR) is 104 cm³/mol. The quantitative estimate of drug-likeness (QED) is 0.763. The highest BCUT2D eigenvalue weighted by Gasteiger charge is 2.23. The molecule has 0 radical (unpaired) electrons. The molecular weight excluding hydrogens is 356 g/mol. The van der Waals surface area contributed by atoms with Crippen molar-refractivity contribution in [1.29, 1.82) is 0 Å². The Bertz CT molecular complexity index is 775. The molecule has 0 unspecified atom stereocenters. The van der Waals surface area contributed by atoms with Crippen molar-refractivity contribution < 1.29 is 13.9 Å². The van der Waals surface area contributed by atoms with E-state index in [1.807, 2.05) is 36.1 Å². The van der Waals surface area contributed by atoms with Crippen LogP contribution in [0.25, 0.3) is 0 Å². The molecule has 2 saturated heterocycles. The molecule has 0 aliphatic carbocycles. The van der Waals surface area contributed by atoms with E-state index in [0.29, 0.717) is 18.3 Å². The van der Waals surface area contributed by atoms with Gasteiger partial charge in [-0.25, -0.2) is 0 Å². The third kappa shape index (κ3) is 4.52. The Balaban J connectivity index is 1.24. The third-order valence-electron chi connectivity index (χ3n) is 5.50. The van der Waals surface area contributed by atoms with Gasteiger partial charge in [0.05, 0.1) is 6.54 Å². The van der Waals surface area contributed by atoms with E-state index in [-0.39, 0.29) is 12.0 Å². The lowest BCUT2D eigenvalue weighted by molar-refractivity contribution is 0.0792. The predicted octanol–water partition coefficient (Wildman–Crippen LogP) is 2.91. The Labute approximate surface area is 165 Å². The largest absolute Gasteiger partial charge is 0.490 e. The zero-order chi connectivity index (χ0) is 19.3. The van der Waals surface area contributed by atoms with E-state index < -0.39 is 0 Å². The summed E-state index contributed by atoms with van der Waals surface area (Å²) >= 11 is 0. The molecule has 0 bridgehead atoms. The minimum absolute atomic E-state index is 0.129. The first-order chi connectivity index (χ1) is 13.7. The van der Waals surface area contributed by atoms with Crippen LogP contribution in [0.3, 0.4) is 0 Å². The highest BCUT2D eigenvalue weighted by atomic mass is 16.5. The number of piperidine rings is 1. The molecule has 0 N–H and O–H groups in total. The maximum absolute atomic E-state index is 12.4. The standard InChI is InChI=1S/C21H28N4O3/c1-2-19-22-23-20(28-19)15-24-13-9-18(10-14-24)27-17-7-5-16(6-8-17)21(26)25-11-3-4-12-25/h5-8,18H,2-4,9-15H2,1H3. The number of aromatic nitrogens is 2. The Morgan fingerprint density at radius 1 is 1.07 bits per heavy atom. The highest BCUT2D eigenvalue weighted by molar-refractivity contribution is 5.94. The lowest BCUT2D eigenvalue weighted by Crippen LogP contribution is -2.37. The third-order valence-corrected chi connectivity index (χ3v) is 5.50. The van der Waals surface area contributed by atoms with Gasteiger partial charge in [-0.05, 0) is 49.9 Å². The van der Waals surface area contributed by atoms with E-state index in [9.17, 15) is 4.79 Å². The van der Waals surface area contributed by atoms with E-state index in [4.69, 9.17) is 9.15 Å². The van der Waals surface area contributed by atoms with E-state index in [1.165, 1.54) is 0 Å². The average Bonchev–Trinajstić information content (AvgIpc) is 3.42. The zero-order valence-electron chi connectivity index (χ0n) is 16.5. The van der Waals surface area contributed by atoms with Crippen molar-refractivity contribution in [2.24, 2.45) is 0 Å². The van der Waals surface area contributed by atoms with Crippen LogP contribution in [0.5, 0.6) is 5.75 Å². The van der Waals surface area contributed by atoms with Crippen LogP contribution in [0.1, 0.15) is 54.7 Å². The summed E-state index contributed by atoms with van der Waals surface area (Å²) in [6.45, 7) is 6.35. The molecule has 4 rings (SSSR count). The summed E-state index contributed by atoms with van der Waals surface area (Å²) in [7, 11) is 0. The number of rotatable bonds is 6. The van der Waals surface area contributed by atoms with Gasteiger partial charge in [-0.2, -0.15) is 0 Å². The molecule has 7 nitrogen and oxygen atoms in total. The first-order valence-electron chi connectivity index (χ1n) is 10.3. The van der Waals surface area contributed by atoms with E-state index in [0.717, 1.165) is 69.6 Å². The molecule has 2 aromatic rings. The normalized spacial score (nSPS) is 18.5. The first-order valence-corrected chi connectivity index (χ1v) is 10.3. The number of aryl methyl sites for hydroxylation is 1. The topological polar surface area (TPSA) is 71.7 Å². The number of ether oxygens (including phenoxy) is 1. The van der Waals surface area contributed by atoms with E-state index in [1.54, 1.807) is 0 Å². The van der Waals surface area contributed by atoms with Gasteiger partial charge >= 0.3 is 0 Å². The first kappa shape index (κ1) is 18.9. The number of hydrogen-bond acceptors (Lipinski definition) is 6. The molecular formula is C21H28N4O3. The summed E-state index contributed by atoms with van der Waals surface area (Å²) in [5.74, 6) is 2.35. The van der Waals surface area contributed by atoms with Crippen molar-refractivity contribution in [3.05, 3.63) is 41.6 Å². The minimum atomic E-state index is 0.129. The smallest absolute Gasteiger partial charge is 0.253 e. The second kappa shape index (κ2) is 8.73. The molecule has 0 atom stereocenters. The van der Waals surface area contributed by atoms with Crippen LogP contribution in [0, 0.1) is 0 Å². The van der Waals surface area contributed by atoms with Crippen molar-refractivity contribution in [2.45, 2.75) is 51.7 Å². The van der Waals surface area contributed by atoms with E-state index >= 15 is 0 Å². The molecule has 3 heterocycles. The number of benzene rings is 1. The van der Waals surface area contributed by atoms with Gasteiger partial charge < -0.3 is 14.1 Å². The van der Waals surface area contributed by atoms with Gasteiger partial charge in [-0.1, -0.05) is 6.92 Å². The SMILES string of the molecule is CCc1nnc(CN2CCC(Oc3ccc(C(=O)N4CCCC4)cc3)CC2)o1. The molecule has 1 aromatic carbocycles. The average molecular weight is 384 g/mol. The Hall–Kier alpha value is -2.41. The van der Waals surface area contributed by atoms with Gasteiger partial charge in [0.15, 0.2) is 0 Å². The zero-order valence-corrected chi connectivity index (χ0v) is 16.5. The highest BCUT2D eigenvalue weighted by Crippen LogP contribution is 2.22. The minimum Gasteiger partial charge on any atom is -0.490 e. The number of carbonyl (C=O) groups excluding carboxylic acids is 1. The number of carbonyl (C=O) groups is 1. The van der Waals surface area contributed by atoms with Gasteiger partial charge in [0.1, 0.15) is 11.9 Å². The van der Waals surface area contributed by atoms with Crippen LogP contribution >= 0.6 is 0 Å². The molecule has 2 aliphatic heterocycles. The summed E-state index contributed by atoms with van der Waals surface area (Å²) in [5.41, 5.74) is 0.745. The summed E-state index contributed by atoms with van der Waals surface area (Å²) in [5, 5.41) is 8.12. The van der Waals surface area contributed by atoms with Crippen LogP contribution in [0.15, 0.2) is 28.7 Å². The Kier molecular flexibility index (Phi) is 5.90. The van der Waals surface area contributed by atoms with Gasteiger partial charge in [-0.15, -0.1) is 10.2 Å². The molecule has 2 fully saturated rings. The Morgan fingerprint density at radius 3 is 2.39 bits per heavy atom. The number of nitrogens with zero attached hydrogens (tertiary/aromatic N) is 4. The van der Waals surface area contributed by atoms with Crippen LogP contribution in [0.2, 0.25) is 0 Å². The second-order valence-corrected chi connectivity index (χ2v) is 7.56. The summed E-state index contributed by atoms with van der Waals surface area (Å²) in [4.78, 5) is 16.7. The second-order valence-electron chi connectivity index (χ2n) is 7.56. The summed E-state index contributed by atoms with van der Waals surface area (Å²) in [6.07, 6.45) is 5.11. The van der Waals surface area contributed by atoms with Crippen molar-refractivity contribution in [3.63, 3.8) is 0 Å². The molecule has 0 saturated carbocycles. The van der Waals surface area contributed by atoms with Gasteiger partial charge in [0.25, 0.3) is 5.91 Å². The number of hydrogen-bond donors (Lipinski definition) is 0.